The van der Waals surface area contributed by atoms with Gasteiger partial charge in [-0.15, -0.1) is 0 Å². The van der Waals surface area contributed by atoms with Gasteiger partial charge in [0.15, 0.2) is 0 Å². The lowest BCUT2D eigenvalue weighted by Crippen LogP contribution is -2.52. The first-order valence-corrected chi connectivity index (χ1v) is 7.67. The maximum absolute atomic E-state index is 12.5. The summed E-state index contributed by atoms with van der Waals surface area (Å²) in [5.41, 5.74) is -0.800. The number of hydrogen-bond donors (Lipinski definition) is 1. The van der Waals surface area contributed by atoms with Crippen LogP contribution < -0.4 is 5.32 Å². The Morgan fingerprint density at radius 3 is 2.00 bits per heavy atom. The molecule has 0 radical (unpaired) electrons. The molecule has 3 amide bonds. The number of rotatable bonds is 3. The summed E-state index contributed by atoms with van der Waals surface area (Å²) in [6, 6.07) is 3.76. The molecular weight excluding hydrogens is 339 g/mol. The standard InChI is InChI=1S/C16H18F3N3O3/c1-11(23)21-6-8-22(9-7-21)14(24)10-20-15(25)12-2-4-13(5-3-12)16(17,18)19/h2-5H,6-10H2,1H3,(H,20,25). The summed E-state index contributed by atoms with van der Waals surface area (Å²) >= 11 is 0. The highest BCUT2D eigenvalue weighted by molar-refractivity contribution is 5.96. The van der Waals surface area contributed by atoms with Crippen LogP contribution >= 0.6 is 0 Å². The second-order valence-electron chi connectivity index (χ2n) is 5.64. The Morgan fingerprint density at radius 1 is 1.00 bits per heavy atom. The normalized spacial score (nSPS) is 15.0. The molecule has 2 rings (SSSR count). The largest absolute Gasteiger partial charge is 0.416 e. The Kier molecular flexibility index (Phi) is 5.66. The molecule has 1 fully saturated rings. The van der Waals surface area contributed by atoms with Gasteiger partial charge in [0.1, 0.15) is 0 Å². The van der Waals surface area contributed by atoms with Crippen molar-refractivity contribution < 1.29 is 27.6 Å². The average molecular weight is 357 g/mol. The zero-order chi connectivity index (χ0) is 18.6. The summed E-state index contributed by atoms with van der Waals surface area (Å²) in [6.07, 6.45) is -4.47. The third-order valence-corrected chi connectivity index (χ3v) is 3.95. The van der Waals surface area contributed by atoms with Crippen LogP contribution in [-0.4, -0.2) is 60.2 Å². The maximum atomic E-state index is 12.5. The van der Waals surface area contributed by atoms with Crippen LogP contribution in [0.1, 0.15) is 22.8 Å². The van der Waals surface area contributed by atoms with Crippen LogP contribution in [0, 0.1) is 0 Å². The van der Waals surface area contributed by atoms with Gasteiger partial charge in [-0.2, -0.15) is 13.2 Å². The molecule has 25 heavy (non-hydrogen) atoms. The second-order valence-corrected chi connectivity index (χ2v) is 5.64. The first-order valence-electron chi connectivity index (χ1n) is 7.67. The number of amides is 3. The molecule has 0 aromatic heterocycles. The summed E-state index contributed by atoms with van der Waals surface area (Å²) in [7, 11) is 0. The van der Waals surface area contributed by atoms with Crippen LogP contribution in [0.15, 0.2) is 24.3 Å². The van der Waals surface area contributed by atoms with E-state index >= 15 is 0 Å². The molecule has 0 spiro atoms. The molecule has 0 bridgehead atoms. The van der Waals surface area contributed by atoms with E-state index in [1.165, 1.54) is 11.8 Å². The van der Waals surface area contributed by atoms with E-state index < -0.39 is 17.6 Å². The van der Waals surface area contributed by atoms with Crippen molar-refractivity contribution in [3.63, 3.8) is 0 Å². The van der Waals surface area contributed by atoms with E-state index in [9.17, 15) is 27.6 Å². The molecule has 1 aliphatic rings. The van der Waals surface area contributed by atoms with Crippen molar-refractivity contribution in [1.29, 1.82) is 0 Å². The van der Waals surface area contributed by atoms with E-state index in [0.717, 1.165) is 24.3 Å². The van der Waals surface area contributed by atoms with Crippen LogP contribution in [0.3, 0.4) is 0 Å². The molecule has 1 aromatic carbocycles. The highest BCUT2D eigenvalue weighted by atomic mass is 19.4. The number of benzene rings is 1. The maximum Gasteiger partial charge on any atom is 0.416 e. The van der Waals surface area contributed by atoms with E-state index in [-0.39, 0.29) is 23.9 Å². The van der Waals surface area contributed by atoms with Crippen LogP contribution in [0.25, 0.3) is 0 Å². The highest BCUT2D eigenvalue weighted by Crippen LogP contribution is 2.29. The van der Waals surface area contributed by atoms with Gasteiger partial charge in [-0.05, 0) is 24.3 Å². The second kappa shape index (κ2) is 7.54. The Hall–Kier alpha value is -2.58. The van der Waals surface area contributed by atoms with Gasteiger partial charge in [0.05, 0.1) is 12.1 Å². The number of nitrogens with zero attached hydrogens (tertiary/aromatic N) is 2. The van der Waals surface area contributed by atoms with Crippen molar-refractivity contribution in [3.8, 4) is 0 Å². The fraction of sp³-hybridized carbons (Fsp3) is 0.438. The molecule has 0 unspecified atom stereocenters. The van der Waals surface area contributed by atoms with Gasteiger partial charge in [0.2, 0.25) is 11.8 Å². The van der Waals surface area contributed by atoms with Crippen molar-refractivity contribution in [2.75, 3.05) is 32.7 Å². The molecular formula is C16H18F3N3O3. The van der Waals surface area contributed by atoms with E-state index in [1.807, 2.05) is 0 Å². The van der Waals surface area contributed by atoms with Gasteiger partial charge >= 0.3 is 6.18 Å². The topological polar surface area (TPSA) is 69.7 Å². The molecule has 136 valence electrons. The van der Waals surface area contributed by atoms with Crippen LogP contribution in [0.4, 0.5) is 13.2 Å². The number of carbonyl (C=O) groups is 3. The smallest absolute Gasteiger partial charge is 0.343 e. The fourth-order valence-electron chi connectivity index (χ4n) is 2.45. The quantitative estimate of drug-likeness (QED) is 0.882. The summed E-state index contributed by atoms with van der Waals surface area (Å²) in [4.78, 5) is 38.4. The molecule has 1 aliphatic heterocycles. The first kappa shape index (κ1) is 18.8. The van der Waals surface area contributed by atoms with Crippen LogP contribution in [0.5, 0.6) is 0 Å². The number of halogens is 3. The predicted octanol–water partition coefficient (Wildman–Crippen LogP) is 1.13. The summed E-state index contributed by atoms with van der Waals surface area (Å²) in [5, 5.41) is 2.40. The lowest BCUT2D eigenvalue weighted by atomic mass is 10.1. The number of nitrogens with one attached hydrogen (secondary N) is 1. The fourth-order valence-corrected chi connectivity index (χ4v) is 2.45. The number of hydrogen-bond acceptors (Lipinski definition) is 3. The number of piperazine rings is 1. The molecule has 0 atom stereocenters. The summed E-state index contributed by atoms with van der Waals surface area (Å²) < 4.78 is 37.4. The Morgan fingerprint density at radius 2 is 1.52 bits per heavy atom. The lowest BCUT2D eigenvalue weighted by Gasteiger charge is -2.34. The van der Waals surface area contributed by atoms with Crippen molar-refractivity contribution in [2.24, 2.45) is 0 Å². The number of alkyl halides is 3. The minimum Gasteiger partial charge on any atom is -0.343 e. The zero-order valence-corrected chi connectivity index (χ0v) is 13.6. The van der Waals surface area contributed by atoms with E-state index in [1.54, 1.807) is 4.90 Å². The average Bonchev–Trinajstić information content (AvgIpc) is 2.58. The molecule has 6 nitrogen and oxygen atoms in total. The molecule has 1 saturated heterocycles. The first-order chi connectivity index (χ1) is 11.7. The molecule has 1 aromatic rings. The Labute approximate surface area is 142 Å². The molecule has 1 heterocycles. The monoisotopic (exact) mass is 357 g/mol. The third-order valence-electron chi connectivity index (χ3n) is 3.95. The van der Waals surface area contributed by atoms with E-state index in [0.29, 0.717) is 26.2 Å². The SMILES string of the molecule is CC(=O)N1CCN(C(=O)CNC(=O)c2ccc(C(F)(F)F)cc2)CC1. The summed E-state index contributed by atoms with van der Waals surface area (Å²) in [5.74, 6) is -0.976. The zero-order valence-electron chi connectivity index (χ0n) is 13.6. The van der Waals surface area contributed by atoms with Gasteiger partial charge in [0.25, 0.3) is 5.91 Å². The third kappa shape index (κ3) is 4.94. The Bertz CT molecular complexity index is 651. The molecule has 1 N–H and O–H groups in total. The summed E-state index contributed by atoms with van der Waals surface area (Å²) in [6.45, 7) is 2.85. The van der Waals surface area contributed by atoms with Crippen LogP contribution in [0.2, 0.25) is 0 Å². The van der Waals surface area contributed by atoms with Crippen LogP contribution in [-0.2, 0) is 15.8 Å². The van der Waals surface area contributed by atoms with E-state index in [4.69, 9.17) is 0 Å². The van der Waals surface area contributed by atoms with Crippen molar-refractivity contribution in [1.82, 2.24) is 15.1 Å². The van der Waals surface area contributed by atoms with Crippen molar-refractivity contribution in [3.05, 3.63) is 35.4 Å². The lowest BCUT2D eigenvalue weighted by molar-refractivity contribution is -0.137. The van der Waals surface area contributed by atoms with Gasteiger partial charge in [-0.3, -0.25) is 14.4 Å². The molecule has 0 saturated carbocycles. The highest BCUT2D eigenvalue weighted by Gasteiger charge is 2.30. The van der Waals surface area contributed by atoms with Crippen molar-refractivity contribution >= 4 is 17.7 Å². The minimum absolute atomic E-state index is 0.0437. The van der Waals surface area contributed by atoms with Crippen molar-refractivity contribution in [2.45, 2.75) is 13.1 Å². The number of carbonyl (C=O) groups excluding carboxylic acids is 3. The predicted molar refractivity (Wildman–Crippen MR) is 82.6 cm³/mol. The Balaban J connectivity index is 1.83. The van der Waals surface area contributed by atoms with Gasteiger partial charge < -0.3 is 15.1 Å². The van der Waals surface area contributed by atoms with Gasteiger partial charge in [-0.25, -0.2) is 0 Å². The minimum atomic E-state index is -4.47. The molecule has 0 aliphatic carbocycles. The molecule has 9 heteroatoms. The van der Waals surface area contributed by atoms with Gasteiger partial charge in [0, 0.05) is 38.7 Å². The van der Waals surface area contributed by atoms with Gasteiger partial charge in [-0.1, -0.05) is 0 Å². The van der Waals surface area contributed by atoms with E-state index in [2.05, 4.69) is 5.32 Å².